The molecule has 1 aromatic carbocycles. The lowest BCUT2D eigenvalue weighted by Crippen LogP contribution is -2.18. The summed E-state index contributed by atoms with van der Waals surface area (Å²) in [5, 5.41) is 3.45. The van der Waals surface area contributed by atoms with Gasteiger partial charge >= 0.3 is 0 Å². The first-order chi connectivity index (χ1) is 7.88. The van der Waals surface area contributed by atoms with E-state index in [9.17, 15) is 0 Å². The third-order valence-corrected chi connectivity index (χ3v) is 2.61. The van der Waals surface area contributed by atoms with Crippen LogP contribution >= 0.6 is 0 Å². The molecule has 2 rings (SSSR count). The van der Waals surface area contributed by atoms with Crippen molar-refractivity contribution in [3.63, 3.8) is 0 Å². The second kappa shape index (κ2) is 5.75. The number of hydrogen-bond donors (Lipinski definition) is 1. The van der Waals surface area contributed by atoms with E-state index in [1.165, 1.54) is 0 Å². The molecule has 1 aliphatic heterocycles. The molecule has 0 aliphatic carbocycles. The lowest BCUT2D eigenvalue weighted by Gasteiger charge is -2.13. The van der Waals surface area contributed by atoms with Gasteiger partial charge in [-0.2, -0.15) is 0 Å². The van der Waals surface area contributed by atoms with E-state index >= 15 is 0 Å². The third kappa shape index (κ3) is 3.14. The van der Waals surface area contributed by atoms with E-state index in [0.717, 1.165) is 44.1 Å². The molecule has 0 saturated carbocycles. The minimum absolute atomic E-state index is 0.446. The van der Waals surface area contributed by atoms with Gasteiger partial charge in [-0.15, -0.1) is 0 Å². The van der Waals surface area contributed by atoms with Gasteiger partial charge in [-0.05, 0) is 25.0 Å². The van der Waals surface area contributed by atoms with E-state index < -0.39 is 0 Å². The van der Waals surface area contributed by atoms with Crippen LogP contribution in [0.5, 0.6) is 5.75 Å². The number of anilines is 1. The van der Waals surface area contributed by atoms with Crippen LogP contribution in [0.15, 0.2) is 24.3 Å². The van der Waals surface area contributed by atoms with E-state index in [1.807, 2.05) is 18.2 Å². The predicted molar refractivity (Wildman–Crippen MR) is 65.1 cm³/mol. The van der Waals surface area contributed by atoms with Crippen LogP contribution in [0.25, 0.3) is 0 Å². The normalized spacial score (nSPS) is 19.7. The molecule has 1 heterocycles. The van der Waals surface area contributed by atoms with E-state index in [1.54, 1.807) is 0 Å². The third-order valence-electron chi connectivity index (χ3n) is 2.61. The molecular weight excluding hydrogens is 202 g/mol. The Labute approximate surface area is 96.8 Å². The molecule has 1 aromatic rings. The van der Waals surface area contributed by atoms with E-state index in [-0.39, 0.29) is 0 Å². The molecule has 1 aliphatic rings. The van der Waals surface area contributed by atoms with Crippen molar-refractivity contribution in [3.8, 4) is 5.75 Å². The molecule has 1 unspecified atom stereocenters. The highest BCUT2D eigenvalue weighted by atomic mass is 16.5. The standard InChI is InChI=1S/C13H19NO2/c1-2-7-16-13-5-3-4-11(9-13)14-12-6-8-15-10-12/h3-5,9,12,14H,2,6-8,10H2,1H3. The Morgan fingerprint density at radius 1 is 1.50 bits per heavy atom. The van der Waals surface area contributed by atoms with Crippen LogP contribution in [0.4, 0.5) is 5.69 Å². The van der Waals surface area contributed by atoms with Crippen molar-refractivity contribution < 1.29 is 9.47 Å². The predicted octanol–water partition coefficient (Wildman–Crippen LogP) is 2.68. The van der Waals surface area contributed by atoms with E-state index in [2.05, 4.69) is 18.3 Å². The fourth-order valence-electron chi connectivity index (χ4n) is 1.78. The SMILES string of the molecule is CCCOc1cccc(NC2CCOC2)c1. The van der Waals surface area contributed by atoms with Crippen molar-refractivity contribution in [3.05, 3.63) is 24.3 Å². The van der Waals surface area contributed by atoms with Crippen molar-refractivity contribution in [2.24, 2.45) is 0 Å². The van der Waals surface area contributed by atoms with Crippen LogP contribution in [-0.4, -0.2) is 25.9 Å². The molecule has 1 atom stereocenters. The van der Waals surface area contributed by atoms with Gasteiger partial charge in [0.05, 0.1) is 19.3 Å². The summed E-state index contributed by atoms with van der Waals surface area (Å²) in [4.78, 5) is 0. The van der Waals surface area contributed by atoms with E-state index in [0.29, 0.717) is 6.04 Å². The van der Waals surface area contributed by atoms with Gasteiger partial charge in [-0.25, -0.2) is 0 Å². The smallest absolute Gasteiger partial charge is 0.121 e. The monoisotopic (exact) mass is 221 g/mol. The minimum Gasteiger partial charge on any atom is -0.494 e. The maximum Gasteiger partial charge on any atom is 0.121 e. The lowest BCUT2D eigenvalue weighted by molar-refractivity contribution is 0.195. The second-order valence-electron chi connectivity index (χ2n) is 4.08. The van der Waals surface area contributed by atoms with Crippen LogP contribution in [0.2, 0.25) is 0 Å². The molecule has 1 N–H and O–H groups in total. The fraction of sp³-hybridized carbons (Fsp3) is 0.538. The minimum atomic E-state index is 0.446. The Hall–Kier alpha value is -1.22. The number of hydrogen-bond acceptors (Lipinski definition) is 3. The number of benzene rings is 1. The highest BCUT2D eigenvalue weighted by Crippen LogP contribution is 2.20. The van der Waals surface area contributed by atoms with Crippen LogP contribution < -0.4 is 10.1 Å². The Morgan fingerprint density at radius 2 is 2.44 bits per heavy atom. The molecule has 16 heavy (non-hydrogen) atoms. The zero-order chi connectivity index (χ0) is 11.2. The largest absolute Gasteiger partial charge is 0.494 e. The van der Waals surface area contributed by atoms with Crippen LogP contribution in [0.3, 0.4) is 0 Å². The average molecular weight is 221 g/mol. The Morgan fingerprint density at radius 3 is 3.19 bits per heavy atom. The maximum absolute atomic E-state index is 5.59. The summed E-state index contributed by atoms with van der Waals surface area (Å²) in [5.74, 6) is 0.936. The zero-order valence-corrected chi connectivity index (χ0v) is 9.74. The van der Waals surface area contributed by atoms with Crippen molar-refractivity contribution in [2.75, 3.05) is 25.1 Å². The van der Waals surface area contributed by atoms with Gasteiger partial charge in [0.25, 0.3) is 0 Å². The summed E-state index contributed by atoms with van der Waals surface area (Å²) in [6.07, 6.45) is 2.12. The van der Waals surface area contributed by atoms with Crippen molar-refractivity contribution in [1.82, 2.24) is 0 Å². The van der Waals surface area contributed by atoms with Crippen molar-refractivity contribution in [1.29, 1.82) is 0 Å². The second-order valence-corrected chi connectivity index (χ2v) is 4.08. The topological polar surface area (TPSA) is 30.5 Å². The molecule has 0 bridgehead atoms. The molecule has 3 heteroatoms. The van der Waals surface area contributed by atoms with Gasteiger partial charge in [0.15, 0.2) is 0 Å². The Balaban J connectivity index is 1.92. The van der Waals surface area contributed by atoms with Gasteiger partial charge in [0, 0.05) is 18.4 Å². The molecule has 1 saturated heterocycles. The summed E-state index contributed by atoms with van der Waals surface area (Å²) in [6, 6.07) is 8.57. The molecule has 0 amide bonds. The van der Waals surface area contributed by atoms with Crippen molar-refractivity contribution >= 4 is 5.69 Å². The number of rotatable bonds is 5. The maximum atomic E-state index is 5.59. The first-order valence-electron chi connectivity index (χ1n) is 5.95. The van der Waals surface area contributed by atoms with Crippen LogP contribution in [0, 0.1) is 0 Å². The van der Waals surface area contributed by atoms with Gasteiger partial charge in [-0.3, -0.25) is 0 Å². The van der Waals surface area contributed by atoms with Gasteiger partial charge < -0.3 is 14.8 Å². The summed E-state index contributed by atoms with van der Waals surface area (Å²) < 4.78 is 10.9. The number of nitrogens with one attached hydrogen (secondary N) is 1. The number of ether oxygens (including phenoxy) is 2. The van der Waals surface area contributed by atoms with Crippen LogP contribution in [-0.2, 0) is 4.74 Å². The van der Waals surface area contributed by atoms with Gasteiger partial charge in [-0.1, -0.05) is 13.0 Å². The van der Waals surface area contributed by atoms with Gasteiger partial charge in [0.1, 0.15) is 5.75 Å². The first kappa shape index (κ1) is 11.3. The highest BCUT2D eigenvalue weighted by Gasteiger charge is 2.14. The summed E-state index contributed by atoms with van der Waals surface area (Å²) in [7, 11) is 0. The van der Waals surface area contributed by atoms with Crippen LogP contribution in [0.1, 0.15) is 19.8 Å². The molecular formula is C13H19NO2. The molecule has 3 nitrogen and oxygen atoms in total. The Bertz CT molecular complexity index is 321. The summed E-state index contributed by atoms with van der Waals surface area (Å²) >= 11 is 0. The Kier molecular flexibility index (Phi) is 4.05. The highest BCUT2D eigenvalue weighted by molar-refractivity contribution is 5.49. The first-order valence-corrected chi connectivity index (χ1v) is 5.95. The quantitative estimate of drug-likeness (QED) is 0.829. The summed E-state index contributed by atoms with van der Waals surface area (Å²) in [5.41, 5.74) is 1.11. The molecule has 0 aromatic heterocycles. The molecule has 1 fully saturated rings. The zero-order valence-electron chi connectivity index (χ0n) is 9.74. The van der Waals surface area contributed by atoms with Crippen molar-refractivity contribution in [2.45, 2.75) is 25.8 Å². The fourth-order valence-corrected chi connectivity index (χ4v) is 1.78. The molecule has 88 valence electrons. The lowest BCUT2D eigenvalue weighted by atomic mass is 10.2. The summed E-state index contributed by atoms with van der Waals surface area (Å²) in [6.45, 7) is 4.55. The molecule has 0 radical (unpaired) electrons. The van der Waals surface area contributed by atoms with E-state index in [4.69, 9.17) is 9.47 Å². The average Bonchev–Trinajstić information content (AvgIpc) is 2.80. The molecule has 0 spiro atoms. The van der Waals surface area contributed by atoms with Gasteiger partial charge in [0.2, 0.25) is 0 Å².